The van der Waals surface area contributed by atoms with Crippen LogP contribution < -0.4 is 5.32 Å². The van der Waals surface area contributed by atoms with E-state index in [0.717, 1.165) is 5.56 Å². The van der Waals surface area contributed by atoms with E-state index in [0.29, 0.717) is 10.7 Å². The summed E-state index contributed by atoms with van der Waals surface area (Å²) in [5.41, 5.74) is 1.97. The third kappa shape index (κ3) is 3.41. The number of methoxy groups -OCH3 is 1. The van der Waals surface area contributed by atoms with Crippen LogP contribution in [0.2, 0.25) is 5.02 Å². The van der Waals surface area contributed by atoms with Crippen LogP contribution >= 0.6 is 11.6 Å². The zero-order chi connectivity index (χ0) is 15.4. The van der Waals surface area contributed by atoms with Crippen molar-refractivity contribution < 1.29 is 14.3 Å². The molecule has 0 fully saturated rings. The maximum Gasteiger partial charge on any atom is 0.338 e. The van der Waals surface area contributed by atoms with Crippen LogP contribution in [0.5, 0.6) is 0 Å². The number of hydrogen-bond acceptors (Lipinski definition) is 3. The minimum absolute atomic E-state index is 0.226. The van der Waals surface area contributed by atoms with Gasteiger partial charge in [0.05, 0.1) is 18.2 Å². The smallest absolute Gasteiger partial charge is 0.338 e. The maximum absolute atomic E-state index is 12.3. The van der Waals surface area contributed by atoms with Crippen LogP contribution in [0.25, 0.3) is 0 Å². The number of hydrogen-bond donors (Lipinski definition) is 1. The van der Waals surface area contributed by atoms with Crippen LogP contribution in [0.15, 0.2) is 42.5 Å². The fraction of sp³-hybridized carbons (Fsp3) is 0.125. The topological polar surface area (TPSA) is 55.4 Å². The van der Waals surface area contributed by atoms with Gasteiger partial charge in [-0.15, -0.1) is 0 Å². The van der Waals surface area contributed by atoms with Crippen molar-refractivity contribution in [2.45, 2.75) is 6.92 Å². The van der Waals surface area contributed by atoms with Crippen LogP contribution in [0.4, 0.5) is 5.69 Å². The van der Waals surface area contributed by atoms with Gasteiger partial charge in [0.1, 0.15) is 0 Å². The first-order chi connectivity index (χ1) is 10.0. The second kappa shape index (κ2) is 6.41. The molecule has 0 bridgehead atoms. The van der Waals surface area contributed by atoms with E-state index < -0.39 is 5.97 Å². The van der Waals surface area contributed by atoms with Crippen molar-refractivity contribution >= 4 is 29.2 Å². The number of carbonyl (C=O) groups is 2. The fourth-order valence-corrected chi connectivity index (χ4v) is 2.15. The quantitative estimate of drug-likeness (QED) is 0.880. The molecule has 2 aromatic rings. The molecular formula is C16H14ClNO3. The van der Waals surface area contributed by atoms with Gasteiger partial charge in [0, 0.05) is 10.7 Å². The van der Waals surface area contributed by atoms with E-state index in [1.54, 1.807) is 42.5 Å². The molecule has 1 amide bonds. The van der Waals surface area contributed by atoms with Crippen LogP contribution in [0, 0.1) is 6.92 Å². The standard InChI is InChI=1S/C16H14ClNO3/c1-10-9-11(17)7-8-14(10)18-15(19)12-5-3-4-6-13(12)16(20)21-2/h3-9H,1-2H3,(H,18,19). The Hall–Kier alpha value is -2.33. The molecule has 0 saturated heterocycles. The van der Waals surface area contributed by atoms with Gasteiger partial charge >= 0.3 is 5.97 Å². The van der Waals surface area contributed by atoms with Gasteiger partial charge < -0.3 is 10.1 Å². The molecule has 0 aliphatic rings. The summed E-state index contributed by atoms with van der Waals surface area (Å²) < 4.78 is 4.68. The predicted molar refractivity (Wildman–Crippen MR) is 81.9 cm³/mol. The minimum atomic E-state index is -0.548. The molecule has 21 heavy (non-hydrogen) atoms. The van der Waals surface area contributed by atoms with Crippen molar-refractivity contribution in [3.63, 3.8) is 0 Å². The molecule has 0 heterocycles. The average Bonchev–Trinajstić information content (AvgIpc) is 2.49. The molecule has 2 rings (SSSR count). The van der Waals surface area contributed by atoms with Crippen LogP contribution in [0.1, 0.15) is 26.3 Å². The molecule has 0 aliphatic carbocycles. The Morgan fingerprint density at radius 2 is 1.76 bits per heavy atom. The molecule has 2 aromatic carbocycles. The van der Waals surface area contributed by atoms with Crippen LogP contribution in [-0.2, 0) is 4.74 Å². The lowest BCUT2D eigenvalue weighted by atomic mass is 10.1. The summed E-state index contributed by atoms with van der Waals surface area (Å²) in [7, 11) is 1.28. The molecule has 0 unspecified atom stereocenters. The number of rotatable bonds is 3. The Kier molecular flexibility index (Phi) is 4.60. The number of aryl methyl sites for hydroxylation is 1. The highest BCUT2D eigenvalue weighted by Gasteiger charge is 2.17. The van der Waals surface area contributed by atoms with Gasteiger partial charge in [-0.05, 0) is 42.8 Å². The lowest BCUT2D eigenvalue weighted by Gasteiger charge is -2.11. The SMILES string of the molecule is COC(=O)c1ccccc1C(=O)Nc1ccc(Cl)cc1C. The van der Waals surface area contributed by atoms with E-state index in [2.05, 4.69) is 10.1 Å². The Labute approximate surface area is 127 Å². The van der Waals surface area contributed by atoms with E-state index in [1.807, 2.05) is 6.92 Å². The number of halogens is 1. The number of anilines is 1. The van der Waals surface area contributed by atoms with Crippen molar-refractivity contribution in [1.82, 2.24) is 0 Å². The highest BCUT2D eigenvalue weighted by molar-refractivity contribution is 6.30. The normalized spacial score (nSPS) is 10.0. The molecule has 0 aliphatic heterocycles. The molecule has 0 spiro atoms. The summed E-state index contributed by atoms with van der Waals surface area (Å²) >= 11 is 5.88. The maximum atomic E-state index is 12.3. The number of esters is 1. The molecule has 108 valence electrons. The van der Waals surface area contributed by atoms with Crippen LogP contribution in [0.3, 0.4) is 0 Å². The van der Waals surface area contributed by atoms with E-state index in [9.17, 15) is 9.59 Å². The molecule has 0 aromatic heterocycles. The van der Waals surface area contributed by atoms with Gasteiger partial charge in [0.2, 0.25) is 0 Å². The zero-order valence-corrected chi connectivity index (χ0v) is 12.4. The van der Waals surface area contributed by atoms with Gasteiger partial charge in [-0.3, -0.25) is 4.79 Å². The largest absolute Gasteiger partial charge is 0.465 e. The van der Waals surface area contributed by atoms with Gasteiger partial charge in [0.15, 0.2) is 0 Å². The zero-order valence-electron chi connectivity index (χ0n) is 11.6. The van der Waals surface area contributed by atoms with Gasteiger partial charge in [-0.2, -0.15) is 0 Å². The number of ether oxygens (including phenoxy) is 1. The van der Waals surface area contributed by atoms with Gasteiger partial charge in [-0.1, -0.05) is 23.7 Å². The average molecular weight is 304 g/mol. The van der Waals surface area contributed by atoms with Crippen molar-refractivity contribution in [2.24, 2.45) is 0 Å². The first-order valence-electron chi connectivity index (χ1n) is 6.27. The van der Waals surface area contributed by atoms with Gasteiger partial charge in [0.25, 0.3) is 5.91 Å². The Morgan fingerprint density at radius 3 is 2.38 bits per heavy atom. The highest BCUT2D eigenvalue weighted by Crippen LogP contribution is 2.21. The summed E-state index contributed by atoms with van der Waals surface area (Å²) in [5.74, 6) is -0.921. The fourth-order valence-electron chi connectivity index (χ4n) is 1.93. The number of carbonyl (C=O) groups excluding carboxylic acids is 2. The van der Waals surface area contributed by atoms with E-state index in [4.69, 9.17) is 11.6 Å². The van der Waals surface area contributed by atoms with Crippen molar-refractivity contribution in [1.29, 1.82) is 0 Å². The molecule has 0 saturated carbocycles. The third-order valence-electron chi connectivity index (χ3n) is 3.01. The Morgan fingerprint density at radius 1 is 1.10 bits per heavy atom. The summed E-state index contributed by atoms with van der Waals surface area (Å²) in [4.78, 5) is 24.0. The van der Waals surface area contributed by atoms with Gasteiger partial charge in [-0.25, -0.2) is 4.79 Å². The molecule has 0 atom stereocenters. The molecule has 5 heteroatoms. The van der Waals surface area contributed by atoms with Crippen molar-refractivity contribution in [3.8, 4) is 0 Å². The summed E-state index contributed by atoms with van der Waals surface area (Å²) in [5, 5.41) is 3.37. The molecular weight excluding hydrogens is 290 g/mol. The number of amides is 1. The lowest BCUT2D eigenvalue weighted by molar-refractivity contribution is 0.0597. The van der Waals surface area contributed by atoms with E-state index in [1.165, 1.54) is 7.11 Å². The van der Waals surface area contributed by atoms with Crippen molar-refractivity contribution in [3.05, 3.63) is 64.2 Å². The first kappa shape index (κ1) is 15.1. The Balaban J connectivity index is 2.31. The monoisotopic (exact) mass is 303 g/mol. The summed E-state index contributed by atoms with van der Waals surface area (Å²) in [6.07, 6.45) is 0. The van der Waals surface area contributed by atoms with E-state index in [-0.39, 0.29) is 17.0 Å². The Bertz CT molecular complexity index is 698. The molecule has 0 radical (unpaired) electrons. The third-order valence-corrected chi connectivity index (χ3v) is 3.25. The second-order valence-electron chi connectivity index (χ2n) is 4.45. The second-order valence-corrected chi connectivity index (χ2v) is 4.89. The predicted octanol–water partition coefficient (Wildman–Crippen LogP) is 3.69. The minimum Gasteiger partial charge on any atom is -0.465 e. The highest BCUT2D eigenvalue weighted by atomic mass is 35.5. The summed E-state index contributed by atoms with van der Waals surface area (Å²) in [6.45, 7) is 1.84. The number of benzene rings is 2. The molecule has 1 N–H and O–H groups in total. The summed E-state index contributed by atoms with van der Waals surface area (Å²) in [6, 6.07) is 11.7. The van der Waals surface area contributed by atoms with Crippen LogP contribution in [-0.4, -0.2) is 19.0 Å². The lowest BCUT2D eigenvalue weighted by Crippen LogP contribution is -2.17. The molecule has 4 nitrogen and oxygen atoms in total. The number of nitrogens with one attached hydrogen (secondary N) is 1. The first-order valence-corrected chi connectivity index (χ1v) is 6.65. The van der Waals surface area contributed by atoms with Crippen molar-refractivity contribution in [2.75, 3.05) is 12.4 Å². The van der Waals surface area contributed by atoms with E-state index >= 15 is 0 Å².